The first-order valence-corrected chi connectivity index (χ1v) is 9.26. The molecule has 0 saturated heterocycles. The van der Waals surface area contributed by atoms with Gasteiger partial charge in [-0.05, 0) is 44.1 Å². The lowest BCUT2D eigenvalue weighted by Gasteiger charge is -2.26. The van der Waals surface area contributed by atoms with E-state index in [1.54, 1.807) is 12.3 Å². The Balaban J connectivity index is 2.12. The van der Waals surface area contributed by atoms with Gasteiger partial charge in [-0.1, -0.05) is 13.8 Å². The Morgan fingerprint density at radius 3 is 2.57 bits per heavy atom. The quantitative estimate of drug-likeness (QED) is 0.846. The van der Waals surface area contributed by atoms with Gasteiger partial charge in [-0.3, -0.25) is 0 Å². The van der Waals surface area contributed by atoms with E-state index in [1.807, 2.05) is 11.5 Å². The number of sulfonamides is 1. The Morgan fingerprint density at radius 1 is 1.33 bits per heavy atom. The molecule has 1 aliphatic carbocycles. The van der Waals surface area contributed by atoms with Crippen molar-refractivity contribution in [2.75, 3.05) is 0 Å². The van der Waals surface area contributed by atoms with Gasteiger partial charge in [0.15, 0.2) is 0 Å². The summed E-state index contributed by atoms with van der Waals surface area (Å²) in [5.41, 5.74) is 0.648. The van der Waals surface area contributed by atoms with E-state index >= 15 is 0 Å². The van der Waals surface area contributed by atoms with Crippen LogP contribution in [0.4, 0.5) is 0 Å². The molecule has 2 rings (SSSR count). The minimum Gasteiger partial charge on any atom is -0.390 e. The van der Waals surface area contributed by atoms with Gasteiger partial charge in [-0.2, -0.15) is 0 Å². The zero-order valence-corrected chi connectivity index (χ0v) is 13.7. The first-order valence-electron chi connectivity index (χ1n) is 7.78. The number of nitrogens with one attached hydrogen (secondary N) is 1. The first-order chi connectivity index (χ1) is 9.96. The largest absolute Gasteiger partial charge is 0.390 e. The second kappa shape index (κ2) is 6.94. The zero-order valence-electron chi connectivity index (χ0n) is 12.9. The highest BCUT2D eigenvalue weighted by molar-refractivity contribution is 7.89. The fourth-order valence-electron chi connectivity index (χ4n) is 2.92. The third-order valence-corrected chi connectivity index (χ3v) is 5.72. The van der Waals surface area contributed by atoms with Crippen LogP contribution in [0, 0.1) is 5.92 Å². The fourth-order valence-corrected chi connectivity index (χ4v) is 4.29. The summed E-state index contributed by atoms with van der Waals surface area (Å²) in [6, 6.07) is 1.61. The minimum atomic E-state index is -3.49. The number of aliphatic hydroxyl groups is 1. The van der Waals surface area contributed by atoms with Crippen LogP contribution >= 0.6 is 0 Å². The smallest absolute Gasteiger partial charge is 0.242 e. The van der Waals surface area contributed by atoms with E-state index in [0.717, 1.165) is 32.1 Å². The van der Waals surface area contributed by atoms with Gasteiger partial charge in [0.1, 0.15) is 0 Å². The average molecular weight is 314 g/mol. The van der Waals surface area contributed by atoms with Gasteiger partial charge in [0, 0.05) is 24.5 Å². The summed E-state index contributed by atoms with van der Waals surface area (Å²) in [7, 11) is -3.49. The van der Waals surface area contributed by atoms with Crippen molar-refractivity contribution < 1.29 is 13.5 Å². The van der Waals surface area contributed by atoms with Crippen molar-refractivity contribution in [3.63, 3.8) is 0 Å². The molecule has 6 heteroatoms. The molecule has 1 heterocycles. The molecule has 0 aromatic carbocycles. The van der Waals surface area contributed by atoms with Crippen LogP contribution in [0.15, 0.2) is 17.2 Å². The van der Waals surface area contributed by atoms with E-state index in [0.29, 0.717) is 18.2 Å². The summed E-state index contributed by atoms with van der Waals surface area (Å²) < 4.78 is 29.6. The first kappa shape index (κ1) is 16.5. The van der Waals surface area contributed by atoms with Gasteiger partial charge in [-0.25, -0.2) is 13.1 Å². The van der Waals surface area contributed by atoms with Gasteiger partial charge < -0.3 is 9.67 Å². The molecule has 120 valence electrons. The van der Waals surface area contributed by atoms with Crippen LogP contribution in [0.2, 0.25) is 0 Å². The molecule has 0 amide bonds. The molecule has 1 aromatic rings. The predicted octanol–water partition coefficient (Wildman–Crippen LogP) is 2.25. The Kier molecular flexibility index (Phi) is 5.46. The fraction of sp³-hybridized carbons (Fsp3) is 0.733. The van der Waals surface area contributed by atoms with Crippen molar-refractivity contribution in [1.82, 2.24) is 9.29 Å². The highest BCUT2D eigenvalue weighted by atomic mass is 32.2. The normalized spacial score (nSPS) is 23.4. The Hall–Kier alpha value is -0.850. The molecule has 21 heavy (non-hydrogen) atoms. The van der Waals surface area contributed by atoms with Gasteiger partial charge in [-0.15, -0.1) is 0 Å². The number of hydrogen-bond acceptors (Lipinski definition) is 3. The summed E-state index contributed by atoms with van der Waals surface area (Å²) >= 11 is 0. The lowest BCUT2D eigenvalue weighted by molar-refractivity contribution is 0.270. The Morgan fingerprint density at radius 2 is 2.00 bits per heavy atom. The van der Waals surface area contributed by atoms with Crippen LogP contribution in [0.25, 0.3) is 0 Å². The van der Waals surface area contributed by atoms with Crippen molar-refractivity contribution in [2.24, 2.45) is 5.92 Å². The SMILES string of the molecule is CCCn1cc(S(=O)(=O)NC2CCC(C)CC2)cc1CO. The second-order valence-electron chi connectivity index (χ2n) is 6.10. The number of nitrogens with zero attached hydrogens (tertiary/aromatic N) is 1. The number of aryl methyl sites for hydroxylation is 1. The van der Waals surface area contributed by atoms with E-state index in [-0.39, 0.29) is 17.5 Å². The lowest BCUT2D eigenvalue weighted by Crippen LogP contribution is -2.37. The van der Waals surface area contributed by atoms with Crippen LogP contribution in [0.3, 0.4) is 0 Å². The summed E-state index contributed by atoms with van der Waals surface area (Å²) in [4.78, 5) is 0.263. The molecule has 0 atom stereocenters. The molecule has 1 aromatic heterocycles. The minimum absolute atomic E-state index is 0.0401. The van der Waals surface area contributed by atoms with E-state index < -0.39 is 10.0 Å². The van der Waals surface area contributed by atoms with Crippen molar-refractivity contribution in [3.05, 3.63) is 18.0 Å². The molecule has 0 radical (unpaired) electrons. The molecular weight excluding hydrogens is 288 g/mol. The lowest BCUT2D eigenvalue weighted by atomic mass is 9.88. The van der Waals surface area contributed by atoms with Crippen LogP contribution in [0.1, 0.15) is 51.6 Å². The highest BCUT2D eigenvalue weighted by Crippen LogP contribution is 2.25. The van der Waals surface area contributed by atoms with Crippen LogP contribution in [0.5, 0.6) is 0 Å². The Bertz CT molecular complexity index is 557. The van der Waals surface area contributed by atoms with E-state index in [4.69, 9.17) is 0 Å². The molecule has 5 nitrogen and oxygen atoms in total. The summed E-state index contributed by atoms with van der Waals surface area (Å²) in [5, 5.41) is 9.34. The van der Waals surface area contributed by atoms with Crippen LogP contribution < -0.4 is 4.72 Å². The molecule has 0 spiro atoms. The highest BCUT2D eigenvalue weighted by Gasteiger charge is 2.25. The standard InChI is InChI=1S/C15H26N2O3S/c1-3-8-17-10-15(9-14(17)11-18)21(19,20)16-13-6-4-12(2)5-7-13/h9-10,12-13,16,18H,3-8,11H2,1-2H3. The number of aromatic nitrogens is 1. The van der Waals surface area contributed by atoms with Crippen LogP contribution in [-0.4, -0.2) is 24.1 Å². The van der Waals surface area contributed by atoms with Gasteiger partial charge in [0.25, 0.3) is 0 Å². The summed E-state index contributed by atoms with van der Waals surface area (Å²) in [5.74, 6) is 0.692. The molecule has 1 aliphatic rings. The molecule has 0 aliphatic heterocycles. The zero-order chi connectivity index (χ0) is 15.5. The monoisotopic (exact) mass is 314 g/mol. The van der Waals surface area contributed by atoms with Gasteiger partial charge in [0.2, 0.25) is 10.0 Å². The molecule has 1 saturated carbocycles. The molecule has 2 N–H and O–H groups in total. The maximum Gasteiger partial charge on any atom is 0.242 e. The van der Waals surface area contributed by atoms with Gasteiger partial charge in [0.05, 0.1) is 11.5 Å². The van der Waals surface area contributed by atoms with Crippen LogP contribution in [-0.2, 0) is 23.2 Å². The third kappa shape index (κ3) is 4.08. The number of rotatable bonds is 6. The summed E-state index contributed by atoms with van der Waals surface area (Å²) in [6.45, 7) is 4.81. The number of hydrogen-bond donors (Lipinski definition) is 2. The summed E-state index contributed by atoms with van der Waals surface area (Å²) in [6.07, 6.45) is 6.49. The topological polar surface area (TPSA) is 71.3 Å². The van der Waals surface area contributed by atoms with E-state index in [9.17, 15) is 13.5 Å². The molecule has 0 bridgehead atoms. The van der Waals surface area contributed by atoms with Crippen molar-refractivity contribution in [1.29, 1.82) is 0 Å². The van der Waals surface area contributed by atoms with Crippen molar-refractivity contribution >= 4 is 10.0 Å². The second-order valence-corrected chi connectivity index (χ2v) is 7.81. The maximum absolute atomic E-state index is 12.5. The number of aliphatic hydroxyl groups excluding tert-OH is 1. The molecular formula is C15H26N2O3S. The molecule has 0 unspecified atom stereocenters. The maximum atomic E-state index is 12.5. The predicted molar refractivity (Wildman–Crippen MR) is 82.4 cm³/mol. The van der Waals surface area contributed by atoms with E-state index in [1.165, 1.54) is 0 Å². The molecule has 1 fully saturated rings. The Labute approximate surface area is 127 Å². The van der Waals surface area contributed by atoms with Gasteiger partial charge >= 0.3 is 0 Å². The van der Waals surface area contributed by atoms with Crippen molar-refractivity contribution in [2.45, 2.75) is 70.0 Å². The van der Waals surface area contributed by atoms with E-state index in [2.05, 4.69) is 11.6 Å². The van der Waals surface area contributed by atoms with Crippen molar-refractivity contribution in [3.8, 4) is 0 Å². The average Bonchev–Trinajstić information content (AvgIpc) is 2.86. The third-order valence-electron chi connectivity index (χ3n) is 4.24.